The maximum Gasteiger partial charge on any atom is 0.410 e. The molecule has 7 nitrogen and oxygen atoms in total. The van der Waals surface area contributed by atoms with Gasteiger partial charge in [-0.3, -0.25) is 4.79 Å². The second-order valence-corrected chi connectivity index (χ2v) is 6.26. The van der Waals surface area contributed by atoms with Crippen molar-refractivity contribution in [2.24, 2.45) is 0 Å². The molecule has 1 aromatic rings. The number of aliphatic hydroxyl groups is 3. The number of Topliss-reactive ketones (excluding diaryl/α,β-unsaturated/α-hetero) is 1. The van der Waals surface area contributed by atoms with Gasteiger partial charge in [-0.15, -0.1) is 0 Å². The molecule has 7 heteroatoms. The number of carbonyl (C=O) groups is 2. The fraction of sp³-hybridized carbons (Fsp3) is 0.556. The Kier molecular flexibility index (Phi) is 7.36. The van der Waals surface area contributed by atoms with Crippen LogP contribution in [0.1, 0.15) is 31.2 Å². The molecule has 3 unspecified atom stereocenters. The van der Waals surface area contributed by atoms with Crippen LogP contribution in [0.15, 0.2) is 30.3 Å². The molecule has 3 atom stereocenters. The maximum atomic E-state index is 12.4. The molecule has 0 aliphatic carbocycles. The number of hydrogen-bond acceptors (Lipinski definition) is 6. The second kappa shape index (κ2) is 9.50. The van der Waals surface area contributed by atoms with Crippen LogP contribution >= 0.6 is 0 Å². The van der Waals surface area contributed by atoms with E-state index in [0.29, 0.717) is 13.0 Å². The van der Waals surface area contributed by atoms with E-state index >= 15 is 0 Å². The summed E-state index contributed by atoms with van der Waals surface area (Å²) in [6.07, 6.45) is -0.982. The van der Waals surface area contributed by atoms with Gasteiger partial charge in [0.15, 0.2) is 5.78 Å². The highest BCUT2D eigenvalue weighted by atomic mass is 16.6. The van der Waals surface area contributed by atoms with Crippen LogP contribution in [-0.2, 0) is 16.1 Å². The highest BCUT2D eigenvalue weighted by Gasteiger charge is 2.33. The molecule has 0 saturated carbocycles. The van der Waals surface area contributed by atoms with Crippen LogP contribution in [-0.4, -0.2) is 63.5 Å². The van der Waals surface area contributed by atoms with Crippen LogP contribution in [0.5, 0.6) is 0 Å². The van der Waals surface area contributed by atoms with E-state index in [1.54, 1.807) is 4.90 Å². The van der Waals surface area contributed by atoms with Gasteiger partial charge in [-0.25, -0.2) is 4.79 Å². The lowest BCUT2D eigenvalue weighted by atomic mass is 9.94. The topological polar surface area (TPSA) is 107 Å². The number of nitrogens with zero attached hydrogens (tertiary/aromatic N) is 1. The third-order valence-electron chi connectivity index (χ3n) is 4.43. The number of hydrogen-bond donors (Lipinski definition) is 3. The lowest BCUT2D eigenvalue weighted by Crippen LogP contribution is -2.48. The third-order valence-corrected chi connectivity index (χ3v) is 4.43. The predicted octanol–water partition coefficient (Wildman–Crippen LogP) is 0.851. The van der Waals surface area contributed by atoms with Gasteiger partial charge in [-0.1, -0.05) is 30.3 Å². The number of carbonyl (C=O) groups excluding carboxylic acids is 2. The molecule has 1 aromatic carbocycles. The first kappa shape index (κ1) is 19.4. The lowest BCUT2D eigenvalue weighted by molar-refractivity contribution is -0.136. The van der Waals surface area contributed by atoms with Gasteiger partial charge in [0.05, 0.1) is 6.10 Å². The molecule has 1 amide bonds. The van der Waals surface area contributed by atoms with Crippen molar-refractivity contribution in [2.45, 2.75) is 50.5 Å². The largest absolute Gasteiger partial charge is 0.445 e. The van der Waals surface area contributed by atoms with Gasteiger partial charge in [0.1, 0.15) is 19.3 Å². The monoisotopic (exact) mass is 351 g/mol. The van der Waals surface area contributed by atoms with E-state index in [1.165, 1.54) is 0 Å². The van der Waals surface area contributed by atoms with Crippen molar-refractivity contribution in [1.82, 2.24) is 4.90 Å². The smallest absolute Gasteiger partial charge is 0.410 e. The predicted molar refractivity (Wildman–Crippen MR) is 89.7 cm³/mol. The first-order valence-corrected chi connectivity index (χ1v) is 8.50. The Morgan fingerprint density at radius 2 is 1.92 bits per heavy atom. The third kappa shape index (κ3) is 5.52. The summed E-state index contributed by atoms with van der Waals surface area (Å²) in [7, 11) is 0. The van der Waals surface area contributed by atoms with Gasteiger partial charge in [-0.05, 0) is 31.2 Å². The van der Waals surface area contributed by atoms with Gasteiger partial charge in [0.2, 0.25) is 0 Å². The number of aliphatic hydroxyl groups excluding tert-OH is 3. The first-order chi connectivity index (χ1) is 12.0. The van der Waals surface area contributed by atoms with Crippen LogP contribution in [0.4, 0.5) is 4.79 Å². The van der Waals surface area contributed by atoms with Crippen LogP contribution < -0.4 is 0 Å². The molecule has 1 saturated heterocycles. The van der Waals surface area contributed by atoms with E-state index in [-0.39, 0.29) is 19.1 Å². The van der Waals surface area contributed by atoms with Crippen molar-refractivity contribution in [3.63, 3.8) is 0 Å². The van der Waals surface area contributed by atoms with Crippen LogP contribution in [0.3, 0.4) is 0 Å². The van der Waals surface area contributed by atoms with Crippen LogP contribution in [0.2, 0.25) is 0 Å². The van der Waals surface area contributed by atoms with E-state index in [9.17, 15) is 19.8 Å². The summed E-state index contributed by atoms with van der Waals surface area (Å²) < 4.78 is 5.34. The minimum absolute atomic E-state index is 0.0628. The zero-order chi connectivity index (χ0) is 18.2. The van der Waals surface area contributed by atoms with E-state index in [0.717, 1.165) is 18.4 Å². The summed E-state index contributed by atoms with van der Waals surface area (Å²) in [5.74, 6) is -0.832. The average molecular weight is 351 g/mol. The number of piperidine rings is 1. The summed E-state index contributed by atoms with van der Waals surface area (Å²) >= 11 is 0. The SMILES string of the molecule is O=C(CO)C(O)C(O)CC1CCCCN1C(=O)OCc1ccccc1. The van der Waals surface area contributed by atoms with Crippen molar-refractivity contribution < 1.29 is 29.6 Å². The number of likely N-dealkylation sites (tertiary alicyclic amines) is 1. The van der Waals surface area contributed by atoms with E-state index in [2.05, 4.69) is 0 Å². The number of ketones is 1. The van der Waals surface area contributed by atoms with Gasteiger partial charge in [0, 0.05) is 12.6 Å². The van der Waals surface area contributed by atoms with Crippen molar-refractivity contribution >= 4 is 11.9 Å². The summed E-state index contributed by atoms with van der Waals surface area (Å²) in [4.78, 5) is 25.2. The quantitative estimate of drug-likeness (QED) is 0.672. The van der Waals surface area contributed by atoms with E-state index in [4.69, 9.17) is 9.84 Å². The number of ether oxygens (including phenoxy) is 1. The zero-order valence-electron chi connectivity index (χ0n) is 14.1. The van der Waals surface area contributed by atoms with Gasteiger partial charge >= 0.3 is 6.09 Å². The summed E-state index contributed by atoms with van der Waals surface area (Å²) in [6, 6.07) is 9.02. The van der Waals surface area contributed by atoms with Crippen molar-refractivity contribution in [3.8, 4) is 0 Å². The second-order valence-electron chi connectivity index (χ2n) is 6.26. The fourth-order valence-electron chi connectivity index (χ4n) is 3.00. The molecule has 1 fully saturated rings. The molecule has 0 radical (unpaired) electrons. The van der Waals surface area contributed by atoms with Gasteiger partial charge < -0.3 is 25.0 Å². The Labute approximate surface area is 146 Å². The molecular weight excluding hydrogens is 326 g/mol. The molecule has 2 rings (SSSR count). The Hall–Kier alpha value is -1.96. The van der Waals surface area contributed by atoms with E-state index < -0.39 is 30.7 Å². The number of rotatable bonds is 7. The Balaban J connectivity index is 1.92. The minimum Gasteiger partial charge on any atom is -0.445 e. The molecule has 0 aromatic heterocycles. The number of benzene rings is 1. The summed E-state index contributed by atoms with van der Waals surface area (Å²) in [6.45, 7) is -0.155. The maximum absolute atomic E-state index is 12.4. The molecule has 0 bridgehead atoms. The zero-order valence-corrected chi connectivity index (χ0v) is 14.1. The Bertz CT molecular complexity index is 564. The first-order valence-electron chi connectivity index (χ1n) is 8.50. The van der Waals surface area contributed by atoms with Crippen LogP contribution in [0, 0.1) is 0 Å². The average Bonchev–Trinajstić information content (AvgIpc) is 2.66. The highest BCUT2D eigenvalue weighted by molar-refractivity contribution is 5.84. The lowest BCUT2D eigenvalue weighted by Gasteiger charge is -2.36. The van der Waals surface area contributed by atoms with Crippen LogP contribution in [0.25, 0.3) is 0 Å². The molecular formula is C18H25NO6. The standard InChI is InChI=1S/C18H25NO6/c20-11-16(22)17(23)15(21)10-14-8-4-5-9-19(14)18(24)25-12-13-6-2-1-3-7-13/h1-3,6-7,14-15,17,20-21,23H,4-5,8-12H2. The molecule has 1 heterocycles. The number of amides is 1. The van der Waals surface area contributed by atoms with Crippen molar-refractivity contribution in [2.75, 3.05) is 13.2 Å². The molecule has 1 aliphatic heterocycles. The normalized spacial score (nSPS) is 20.0. The molecule has 138 valence electrons. The van der Waals surface area contributed by atoms with Gasteiger partial charge in [0.25, 0.3) is 0 Å². The Morgan fingerprint density at radius 3 is 2.60 bits per heavy atom. The summed E-state index contributed by atoms with van der Waals surface area (Å²) in [5.41, 5.74) is 0.883. The molecule has 1 aliphatic rings. The van der Waals surface area contributed by atoms with E-state index in [1.807, 2.05) is 30.3 Å². The van der Waals surface area contributed by atoms with Crippen molar-refractivity contribution in [3.05, 3.63) is 35.9 Å². The minimum atomic E-state index is -1.64. The molecule has 0 spiro atoms. The van der Waals surface area contributed by atoms with Crippen molar-refractivity contribution in [1.29, 1.82) is 0 Å². The highest BCUT2D eigenvalue weighted by Crippen LogP contribution is 2.23. The Morgan fingerprint density at radius 1 is 1.20 bits per heavy atom. The molecule has 3 N–H and O–H groups in total. The van der Waals surface area contributed by atoms with Gasteiger partial charge in [-0.2, -0.15) is 0 Å². The summed E-state index contributed by atoms with van der Waals surface area (Å²) in [5, 5.41) is 28.5. The molecule has 25 heavy (non-hydrogen) atoms. The fourth-order valence-corrected chi connectivity index (χ4v) is 3.00.